The second-order valence-electron chi connectivity index (χ2n) is 4.11. The van der Waals surface area contributed by atoms with E-state index in [-0.39, 0.29) is 11.3 Å². The molecule has 0 amide bonds. The zero-order valence-electron chi connectivity index (χ0n) is 10.8. The lowest BCUT2D eigenvalue weighted by Crippen LogP contribution is -2.22. The molecule has 0 aromatic heterocycles. The van der Waals surface area contributed by atoms with Gasteiger partial charge in [-0.2, -0.15) is 0 Å². The highest BCUT2D eigenvalue weighted by Gasteiger charge is 2.17. The zero-order chi connectivity index (χ0) is 14.6. The van der Waals surface area contributed by atoms with Crippen LogP contribution in [0.25, 0.3) is 0 Å². The van der Waals surface area contributed by atoms with E-state index in [1.54, 1.807) is 0 Å². The predicted octanol–water partition coefficient (Wildman–Crippen LogP) is 2.03. The van der Waals surface area contributed by atoms with Gasteiger partial charge < -0.3 is 10.3 Å². The Kier molecular flexibility index (Phi) is 12.6. The molecule has 0 aromatic rings. The van der Waals surface area contributed by atoms with Crippen LogP contribution in [0.15, 0.2) is 0 Å². The molecule has 0 saturated heterocycles. The van der Waals surface area contributed by atoms with Gasteiger partial charge in [-0.05, 0) is 6.42 Å². The predicted molar refractivity (Wildman–Crippen MR) is 64.6 cm³/mol. The fourth-order valence-corrected chi connectivity index (χ4v) is 1.40. The summed E-state index contributed by atoms with van der Waals surface area (Å²) in [6.07, 6.45) is 4.89. The molecule has 0 radical (unpaired) electrons. The van der Waals surface area contributed by atoms with Crippen LogP contribution in [-0.4, -0.2) is 32.5 Å². The van der Waals surface area contributed by atoms with E-state index >= 15 is 0 Å². The number of hydrogen-bond acceptors (Lipinski definition) is 5. The molecule has 0 spiro atoms. The van der Waals surface area contributed by atoms with Gasteiger partial charge in [0.15, 0.2) is 0 Å². The molecule has 0 rings (SSSR count). The van der Waals surface area contributed by atoms with E-state index in [1.165, 1.54) is 19.8 Å². The SMILES string of the molecule is CCCCCCC(O)CC(C)[N+](=O)[O-].O=[N+]([O-])O. The summed E-state index contributed by atoms with van der Waals surface area (Å²) >= 11 is 0. The van der Waals surface area contributed by atoms with E-state index in [0.29, 0.717) is 6.42 Å². The number of aliphatic hydroxyl groups excluding tert-OH is 1. The van der Waals surface area contributed by atoms with E-state index < -0.39 is 17.2 Å². The monoisotopic (exact) mass is 266 g/mol. The van der Waals surface area contributed by atoms with Gasteiger partial charge in [0.05, 0.1) is 6.10 Å². The van der Waals surface area contributed by atoms with Crippen molar-refractivity contribution in [2.45, 2.75) is 64.5 Å². The lowest BCUT2D eigenvalue weighted by molar-refractivity contribution is -0.742. The molecule has 2 N–H and O–H groups in total. The Bertz CT molecular complexity index is 232. The molecule has 0 aliphatic heterocycles. The van der Waals surface area contributed by atoms with Crippen LogP contribution in [0, 0.1) is 20.2 Å². The van der Waals surface area contributed by atoms with Crippen molar-refractivity contribution in [3.63, 3.8) is 0 Å². The van der Waals surface area contributed by atoms with Crippen LogP contribution in [0.2, 0.25) is 0 Å². The van der Waals surface area contributed by atoms with Crippen LogP contribution < -0.4 is 0 Å². The van der Waals surface area contributed by atoms with Crippen molar-refractivity contribution in [1.82, 2.24) is 0 Å². The topological polar surface area (TPSA) is 127 Å². The molecule has 0 aliphatic carbocycles. The average Bonchev–Trinajstić information content (AvgIpc) is 2.23. The van der Waals surface area contributed by atoms with E-state index in [4.69, 9.17) is 15.3 Å². The van der Waals surface area contributed by atoms with Crippen LogP contribution in [0.4, 0.5) is 0 Å². The molecule has 2 unspecified atom stereocenters. The van der Waals surface area contributed by atoms with Crippen molar-refractivity contribution in [3.05, 3.63) is 20.2 Å². The summed E-state index contributed by atoms with van der Waals surface area (Å²) in [7, 11) is 0. The largest absolute Gasteiger partial charge is 0.393 e. The molecule has 0 saturated carbocycles. The smallest absolute Gasteiger partial charge is 0.291 e. The number of aliphatic hydroxyl groups is 1. The second-order valence-corrected chi connectivity index (χ2v) is 4.11. The Morgan fingerprint density at radius 1 is 1.17 bits per heavy atom. The number of hydrogen-bond donors (Lipinski definition) is 2. The van der Waals surface area contributed by atoms with Crippen molar-refractivity contribution in [3.8, 4) is 0 Å². The Morgan fingerprint density at radius 2 is 1.67 bits per heavy atom. The summed E-state index contributed by atoms with van der Waals surface area (Å²) in [6, 6.07) is -0.629. The summed E-state index contributed by atoms with van der Waals surface area (Å²) in [5.41, 5.74) is 0. The minimum atomic E-state index is -1.50. The number of rotatable bonds is 8. The van der Waals surface area contributed by atoms with Gasteiger partial charge in [0, 0.05) is 18.3 Å². The minimum Gasteiger partial charge on any atom is -0.393 e. The normalized spacial score (nSPS) is 13.1. The van der Waals surface area contributed by atoms with Crippen LogP contribution in [0.3, 0.4) is 0 Å². The molecule has 0 aromatic carbocycles. The highest BCUT2D eigenvalue weighted by Crippen LogP contribution is 2.10. The minimum absolute atomic E-state index is 0.277. The Morgan fingerprint density at radius 3 is 2.06 bits per heavy atom. The molecule has 0 heterocycles. The van der Waals surface area contributed by atoms with Gasteiger partial charge >= 0.3 is 0 Å². The highest BCUT2D eigenvalue weighted by molar-refractivity contribution is 4.60. The molecule has 18 heavy (non-hydrogen) atoms. The van der Waals surface area contributed by atoms with E-state index in [9.17, 15) is 15.2 Å². The van der Waals surface area contributed by atoms with Crippen LogP contribution in [0.5, 0.6) is 0 Å². The first-order valence-electron chi connectivity index (χ1n) is 5.96. The first-order chi connectivity index (χ1) is 8.31. The van der Waals surface area contributed by atoms with Crippen molar-refractivity contribution in [2.75, 3.05) is 0 Å². The van der Waals surface area contributed by atoms with E-state index in [1.807, 2.05) is 0 Å². The Hall–Kier alpha value is -1.44. The van der Waals surface area contributed by atoms with Gasteiger partial charge in [0.2, 0.25) is 6.04 Å². The first kappa shape index (κ1) is 18.9. The summed E-state index contributed by atoms with van der Waals surface area (Å²) in [5.74, 6) is 0. The number of nitro groups is 1. The van der Waals surface area contributed by atoms with Gasteiger partial charge in [-0.1, -0.05) is 32.6 Å². The summed E-state index contributed by atoms with van der Waals surface area (Å²) < 4.78 is 0. The number of unbranched alkanes of at least 4 members (excludes halogenated alkanes) is 3. The lowest BCUT2D eigenvalue weighted by Gasteiger charge is -2.10. The maximum atomic E-state index is 10.3. The Labute approximate surface area is 106 Å². The molecular formula is C10H22N2O6. The fraction of sp³-hybridized carbons (Fsp3) is 1.00. The first-order valence-corrected chi connectivity index (χ1v) is 5.96. The highest BCUT2D eigenvalue weighted by atomic mass is 16.9. The summed E-state index contributed by atoms with van der Waals surface area (Å²) in [5, 5.41) is 33.4. The van der Waals surface area contributed by atoms with Crippen molar-refractivity contribution < 1.29 is 20.3 Å². The fourth-order valence-electron chi connectivity index (χ4n) is 1.40. The van der Waals surface area contributed by atoms with Crippen molar-refractivity contribution >= 4 is 0 Å². The Balaban J connectivity index is 0. The molecule has 2 atom stereocenters. The summed E-state index contributed by atoms with van der Waals surface area (Å²) in [4.78, 5) is 18.3. The molecule has 0 fully saturated rings. The van der Waals surface area contributed by atoms with E-state index in [0.717, 1.165) is 12.8 Å². The third-order valence-corrected chi connectivity index (χ3v) is 2.36. The van der Waals surface area contributed by atoms with Crippen molar-refractivity contribution in [2.24, 2.45) is 0 Å². The van der Waals surface area contributed by atoms with Crippen LogP contribution in [-0.2, 0) is 0 Å². The van der Waals surface area contributed by atoms with Gasteiger partial charge in [-0.15, -0.1) is 10.1 Å². The molecule has 0 bridgehead atoms. The maximum absolute atomic E-state index is 10.3. The zero-order valence-corrected chi connectivity index (χ0v) is 10.8. The molecule has 8 nitrogen and oxygen atoms in total. The number of nitrogens with zero attached hydrogens (tertiary/aromatic N) is 2. The van der Waals surface area contributed by atoms with E-state index in [2.05, 4.69) is 6.92 Å². The van der Waals surface area contributed by atoms with Gasteiger partial charge in [0.25, 0.3) is 5.09 Å². The average molecular weight is 266 g/mol. The van der Waals surface area contributed by atoms with Crippen molar-refractivity contribution in [1.29, 1.82) is 0 Å². The molecular weight excluding hydrogens is 244 g/mol. The lowest BCUT2D eigenvalue weighted by atomic mass is 10.0. The van der Waals surface area contributed by atoms with Crippen LogP contribution >= 0.6 is 0 Å². The quantitative estimate of drug-likeness (QED) is 0.393. The molecule has 8 heteroatoms. The van der Waals surface area contributed by atoms with Gasteiger partial charge in [0.1, 0.15) is 0 Å². The summed E-state index contributed by atoms with van der Waals surface area (Å²) in [6.45, 7) is 3.67. The van der Waals surface area contributed by atoms with Gasteiger partial charge in [-0.3, -0.25) is 10.1 Å². The third-order valence-electron chi connectivity index (χ3n) is 2.36. The standard InChI is InChI=1S/C10H21NO3.HNO3/c1-3-4-5-6-7-10(12)8-9(2)11(13)14;2-1(3)4/h9-10,12H,3-8H2,1-2H3;(H,2,3,4). The molecule has 0 aliphatic rings. The second kappa shape index (κ2) is 12.0. The molecule has 108 valence electrons. The van der Waals surface area contributed by atoms with Crippen LogP contribution in [0.1, 0.15) is 52.4 Å². The maximum Gasteiger partial charge on any atom is 0.291 e. The van der Waals surface area contributed by atoms with Gasteiger partial charge in [-0.25, -0.2) is 0 Å². The third kappa shape index (κ3) is 17.0.